The number of hydrogen-bond donors (Lipinski definition) is 1. The smallest absolute Gasteiger partial charge is 0.231 e. The highest BCUT2D eigenvalue weighted by Gasteiger charge is 2.31. The molecule has 3 rings (SSSR count). The number of phenols is 1. The number of aromatic nitrogens is 1. The third kappa shape index (κ3) is 5.25. The van der Waals surface area contributed by atoms with Gasteiger partial charge >= 0.3 is 0 Å². The van der Waals surface area contributed by atoms with E-state index in [0.29, 0.717) is 23.4 Å². The molecule has 0 fully saturated rings. The summed E-state index contributed by atoms with van der Waals surface area (Å²) in [6, 6.07) is 6.88. The largest absolute Gasteiger partial charge is 0.507 e. The van der Waals surface area contributed by atoms with Gasteiger partial charge in [0.05, 0.1) is 11.1 Å². The number of hydrogen-bond acceptors (Lipinski definition) is 5. The fourth-order valence-electron chi connectivity index (χ4n) is 3.19. The topological polar surface area (TPSA) is 62.7 Å². The number of nitrogens with zero attached hydrogens (tertiary/aromatic N) is 2. The molecule has 0 saturated heterocycles. The minimum Gasteiger partial charge on any atom is -0.507 e. The molecule has 0 spiro atoms. The van der Waals surface area contributed by atoms with Gasteiger partial charge in [-0.05, 0) is 55.8 Å². The van der Waals surface area contributed by atoms with Crippen molar-refractivity contribution in [3.8, 4) is 11.5 Å². The number of fused-ring (bicyclic) bond motifs is 1. The molecule has 0 saturated carbocycles. The Morgan fingerprint density at radius 2 is 1.86 bits per heavy atom. The summed E-state index contributed by atoms with van der Waals surface area (Å²) in [5, 5.41) is 10.4. The quantitative estimate of drug-likeness (QED) is 0.642. The Labute approximate surface area is 178 Å². The lowest BCUT2D eigenvalue weighted by Crippen LogP contribution is -2.25. The Morgan fingerprint density at radius 3 is 2.46 bits per heavy atom. The van der Waals surface area contributed by atoms with Crippen LogP contribution in [0.4, 0.5) is 0 Å². The first-order valence-corrected chi connectivity index (χ1v) is 9.05. The van der Waals surface area contributed by atoms with E-state index < -0.39 is 0 Å². The number of ether oxygens (including phenoxy) is 1. The number of phenolic OH excluding ortho intramolecular Hbond substituents is 1. The summed E-state index contributed by atoms with van der Waals surface area (Å²) in [4.78, 5) is 19.0. The number of carbonyl (C=O) groups is 1. The van der Waals surface area contributed by atoms with E-state index in [9.17, 15) is 9.90 Å². The molecule has 1 aliphatic heterocycles. The van der Waals surface area contributed by atoms with Gasteiger partial charge < -0.3 is 9.84 Å². The van der Waals surface area contributed by atoms with Crippen LogP contribution in [0.3, 0.4) is 0 Å². The first kappa shape index (κ1) is 24.0. The number of aromatic hydroxyl groups is 1. The van der Waals surface area contributed by atoms with Gasteiger partial charge in [0.2, 0.25) is 5.78 Å². The van der Waals surface area contributed by atoms with E-state index in [1.807, 2.05) is 12.1 Å². The van der Waals surface area contributed by atoms with Crippen LogP contribution >= 0.6 is 24.8 Å². The van der Waals surface area contributed by atoms with Crippen molar-refractivity contribution in [3.05, 3.63) is 59.1 Å². The standard InChI is InChI=1S/C21H24N2O3.2ClH/c1-3-10-23(11-4-2)14-17-18(24)8-7-16-20(25)19(26-21(16)17)12-15-6-5-9-22-13-15;;/h5-9,12-13,24H,3-4,10-11,14H2,1-2H3;2*1H/b19-12-;;. The molecular weight excluding hydrogens is 399 g/mol. The van der Waals surface area contributed by atoms with Gasteiger partial charge in [-0.1, -0.05) is 19.9 Å². The summed E-state index contributed by atoms with van der Waals surface area (Å²) in [6.45, 7) is 6.69. The molecule has 28 heavy (non-hydrogen) atoms. The van der Waals surface area contributed by atoms with Crippen LogP contribution in [0.25, 0.3) is 6.08 Å². The Bertz CT molecular complexity index is 820. The molecule has 7 heteroatoms. The summed E-state index contributed by atoms with van der Waals surface area (Å²) < 4.78 is 5.89. The summed E-state index contributed by atoms with van der Waals surface area (Å²) in [6.07, 6.45) is 7.10. The molecule has 5 nitrogen and oxygen atoms in total. The van der Waals surface area contributed by atoms with Crippen molar-refractivity contribution >= 4 is 36.7 Å². The number of halogens is 2. The second-order valence-corrected chi connectivity index (χ2v) is 6.44. The number of allylic oxidation sites excluding steroid dienone is 1. The maximum atomic E-state index is 12.7. The molecule has 2 aromatic rings. The minimum atomic E-state index is -0.164. The van der Waals surface area contributed by atoms with Crippen LogP contribution in [-0.2, 0) is 6.54 Å². The number of ketones is 1. The molecule has 0 atom stereocenters. The lowest BCUT2D eigenvalue weighted by Gasteiger charge is -2.22. The molecule has 0 aliphatic carbocycles. The van der Waals surface area contributed by atoms with Crippen LogP contribution in [0.15, 0.2) is 42.4 Å². The predicted octanol–water partition coefficient (Wildman–Crippen LogP) is 4.87. The van der Waals surface area contributed by atoms with Crippen molar-refractivity contribution in [1.29, 1.82) is 0 Å². The van der Waals surface area contributed by atoms with Crippen molar-refractivity contribution in [2.45, 2.75) is 33.2 Å². The molecule has 2 heterocycles. The zero-order valence-corrected chi connectivity index (χ0v) is 17.7. The molecule has 1 aliphatic rings. The third-order valence-corrected chi connectivity index (χ3v) is 4.36. The normalized spacial score (nSPS) is 13.7. The fourth-order valence-corrected chi connectivity index (χ4v) is 3.19. The molecule has 0 amide bonds. The zero-order valence-electron chi connectivity index (χ0n) is 16.1. The van der Waals surface area contributed by atoms with E-state index in [-0.39, 0.29) is 42.1 Å². The second kappa shape index (κ2) is 11.1. The van der Waals surface area contributed by atoms with Crippen LogP contribution in [0, 0.1) is 0 Å². The van der Waals surface area contributed by atoms with Crippen LogP contribution < -0.4 is 4.74 Å². The highest BCUT2D eigenvalue weighted by atomic mass is 35.5. The predicted molar refractivity (Wildman–Crippen MR) is 116 cm³/mol. The highest BCUT2D eigenvalue weighted by Crippen LogP contribution is 2.40. The maximum Gasteiger partial charge on any atom is 0.231 e. The molecule has 0 unspecified atom stereocenters. The third-order valence-electron chi connectivity index (χ3n) is 4.36. The molecule has 0 radical (unpaired) electrons. The van der Waals surface area contributed by atoms with Gasteiger partial charge in [-0.25, -0.2) is 0 Å². The van der Waals surface area contributed by atoms with E-state index in [1.165, 1.54) is 0 Å². The van der Waals surface area contributed by atoms with E-state index in [0.717, 1.165) is 31.5 Å². The molecule has 1 aromatic carbocycles. The molecular formula is C21H26Cl2N2O3. The van der Waals surface area contributed by atoms with Crippen LogP contribution in [0.1, 0.15) is 48.2 Å². The Morgan fingerprint density at radius 1 is 1.14 bits per heavy atom. The number of pyridine rings is 1. The summed E-state index contributed by atoms with van der Waals surface area (Å²) >= 11 is 0. The van der Waals surface area contributed by atoms with Crippen molar-refractivity contribution in [2.24, 2.45) is 0 Å². The lowest BCUT2D eigenvalue weighted by atomic mass is 10.0. The van der Waals surface area contributed by atoms with Crippen molar-refractivity contribution < 1.29 is 14.6 Å². The van der Waals surface area contributed by atoms with Crippen molar-refractivity contribution in [1.82, 2.24) is 9.88 Å². The highest BCUT2D eigenvalue weighted by molar-refractivity contribution is 6.14. The van der Waals surface area contributed by atoms with Gasteiger partial charge in [-0.15, -0.1) is 24.8 Å². The lowest BCUT2D eigenvalue weighted by molar-refractivity contribution is 0.101. The first-order chi connectivity index (χ1) is 12.6. The van der Waals surface area contributed by atoms with Crippen molar-refractivity contribution in [2.75, 3.05) is 13.1 Å². The van der Waals surface area contributed by atoms with Gasteiger partial charge in [0.1, 0.15) is 11.5 Å². The van der Waals surface area contributed by atoms with Crippen LogP contribution in [0.5, 0.6) is 11.5 Å². The number of rotatable bonds is 7. The molecule has 1 N–H and O–H groups in total. The first-order valence-electron chi connectivity index (χ1n) is 9.05. The number of benzene rings is 1. The van der Waals surface area contributed by atoms with E-state index in [4.69, 9.17) is 4.74 Å². The van der Waals surface area contributed by atoms with Crippen molar-refractivity contribution in [3.63, 3.8) is 0 Å². The van der Waals surface area contributed by atoms with Crippen LogP contribution in [0.2, 0.25) is 0 Å². The average Bonchev–Trinajstić information content (AvgIpc) is 2.95. The summed E-state index contributed by atoms with van der Waals surface area (Å²) in [7, 11) is 0. The zero-order chi connectivity index (χ0) is 18.5. The maximum absolute atomic E-state index is 12.7. The van der Waals surface area contributed by atoms with E-state index >= 15 is 0 Å². The Hall–Kier alpha value is -2.08. The van der Waals surface area contributed by atoms with Gasteiger partial charge in [0.25, 0.3) is 0 Å². The summed E-state index contributed by atoms with van der Waals surface area (Å²) in [5.74, 6) is 0.735. The van der Waals surface area contributed by atoms with Gasteiger partial charge in [-0.3, -0.25) is 14.7 Å². The fraction of sp³-hybridized carbons (Fsp3) is 0.333. The van der Waals surface area contributed by atoms with Gasteiger partial charge in [0, 0.05) is 18.9 Å². The summed E-state index contributed by atoms with van der Waals surface area (Å²) in [5.41, 5.74) is 1.97. The van der Waals surface area contributed by atoms with Gasteiger partial charge in [-0.2, -0.15) is 0 Å². The Balaban J connectivity index is 0.00000196. The Kier molecular flexibility index (Phi) is 9.46. The molecule has 152 valence electrons. The van der Waals surface area contributed by atoms with E-state index in [2.05, 4.69) is 23.7 Å². The van der Waals surface area contributed by atoms with E-state index in [1.54, 1.807) is 30.6 Å². The van der Waals surface area contributed by atoms with Gasteiger partial charge in [0.15, 0.2) is 5.76 Å². The SMILES string of the molecule is CCCN(CCC)Cc1c(O)ccc2c1O/C(=C\c1cccnc1)C2=O.Cl.Cl. The minimum absolute atomic E-state index is 0. The average molecular weight is 425 g/mol. The molecule has 0 bridgehead atoms. The number of Topliss-reactive ketones (excluding diaryl/α,β-unsaturated/α-hetero) is 1. The molecule has 1 aromatic heterocycles. The number of carbonyl (C=O) groups excluding carboxylic acids is 1. The second-order valence-electron chi connectivity index (χ2n) is 6.44. The monoisotopic (exact) mass is 424 g/mol. The van der Waals surface area contributed by atoms with Crippen LogP contribution in [-0.4, -0.2) is 33.9 Å².